The third kappa shape index (κ3) is 6.03. The number of carbonyl (C=O) groups excluding carboxylic acids is 1. The van der Waals surface area contributed by atoms with Gasteiger partial charge in [0.15, 0.2) is 0 Å². The summed E-state index contributed by atoms with van der Waals surface area (Å²) in [7, 11) is 0. The fraction of sp³-hybridized carbons (Fsp3) is 0.481. The number of fused-ring (bicyclic) bond motifs is 1. The number of benzene rings is 2. The van der Waals surface area contributed by atoms with Crippen LogP contribution in [0.15, 0.2) is 55.0 Å². The van der Waals surface area contributed by atoms with Crippen molar-refractivity contribution in [2.75, 3.05) is 52.5 Å². The number of hydrogen-bond donors (Lipinski definition) is 2. The average molecular weight is 462 g/mol. The molecule has 7 nitrogen and oxygen atoms in total. The SMILES string of the molecule is O=C(NCCc1cnc[nH]1)[C@@H]1C[C@H](CN2CCOCC2)CN(Cc2ccc3ccccc3c2)C1. The first-order valence-electron chi connectivity index (χ1n) is 12.5. The van der Waals surface area contributed by atoms with Crippen LogP contribution in [-0.2, 0) is 22.5 Å². The van der Waals surface area contributed by atoms with Crippen LogP contribution in [-0.4, -0.2) is 78.2 Å². The summed E-state index contributed by atoms with van der Waals surface area (Å²) < 4.78 is 5.54. The van der Waals surface area contributed by atoms with E-state index < -0.39 is 0 Å². The van der Waals surface area contributed by atoms with Crippen LogP contribution in [0.5, 0.6) is 0 Å². The number of nitrogens with one attached hydrogen (secondary N) is 2. The lowest BCUT2D eigenvalue weighted by molar-refractivity contribution is -0.127. The van der Waals surface area contributed by atoms with Crippen molar-refractivity contribution in [1.82, 2.24) is 25.1 Å². The van der Waals surface area contributed by atoms with Crippen LogP contribution >= 0.6 is 0 Å². The fourth-order valence-corrected chi connectivity index (χ4v) is 5.38. The first-order valence-corrected chi connectivity index (χ1v) is 12.5. The van der Waals surface area contributed by atoms with Crippen LogP contribution in [0.1, 0.15) is 17.7 Å². The Morgan fingerprint density at radius 3 is 2.76 bits per heavy atom. The molecule has 2 aliphatic rings. The summed E-state index contributed by atoms with van der Waals surface area (Å²) in [5.74, 6) is 0.674. The minimum atomic E-state index is 0.0158. The van der Waals surface area contributed by atoms with Crippen molar-refractivity contribution in [2.24, 2.45) is 11.8 Å². The van der Waals surface area contributed by atoms with E-state index in [0.717, 1.165) is 71.0 Å². The van der Waals surface area contributed by atoms with Crippen molar-refractivity contribution < 1.29 is 9.53 Å². The molecule has 180 valence electrons. The second kappa shape index (κ2) is 11.1. The van der Waals surface area contributed by atoms with Gasteiger partial charge in [-0.15, -0.1) is 0 Å². The molecule has 0 bridgehead atoms. The van der Waals surface area contributed by atoms with Gasteiger partial charge in [-0.25, -0.2) is 4.98 Å². The zero-order chi connectivity index (χ0) is 23.2. The summed E-state index contributed by atoms with van der Waals surface area (Å²) in [6, 6.07) is 15.2. The highest BCUT2D eigenvalue weighted by Gasteiger charge is 2.32. The van der Waals surface area contributed by atoms with Crippen molar-refractivity contribution in [3.8, 4) is 0 Å². The first kappa shape index (κ1) is 23.0. The summed E-state index contributed by atoms with van der Waals surface area (Å²) in [5.41, 5.74) is 2.36. The molecule has 0 radical (unpaired) electrons. The van der Waals surface area contributed by atoms with Gasteiger partial charge in [0.05, 0.1) is 25.5 Å². The average Bonchev–Trinajstić information content (AvgIpc) is 3.38. The molecule has 2 aromatic carbocycles. The van der Waals surface area contributed by atoms with E-state index in [1.54, 1.807) is 6.33 Å². The quantitative estimate of drug-likeness (QED) is 0.540. The summed E-state index contributed by atoms with van der Waals surface area (Å²) in [5, 5.41) is 5.72. The Bertz CT molecular complexity index is 1060. The van der Waals surface area contributed by atoms with Crippen molar-refractivity contribution in [1.29, 1.82) is 0 Å². The molecule has 0 unspecified atom stereocenters. The Kier molecular flexibility index (Phi) is 7.53. The maximum absolute atomic E-state index is 13.1. The highest BCUT2D eigenvalue weighted by molar-refractivity contribution is 5.83. The van der Waals surface area contributed by atoms with Crippen molar-refractivity contribution in [3.05, 3.63) is 66.2 Å². The molecule has 3 heterocycles. The number of carbonyl (C=O) groups is 1. The van der Waals surface area contributed by atoms with Crippen molar-refractivity contribution in [3.63, 3.8) is 0 Å². The summed E-state index contributed by atoms with van der Waals surface area (Å²) in [6.45, 7) is 7.99. The molecule has 2 atom stereocenters. The van der Waals surface area contributed by atoms with Gasteiger partial charge in [-0.3, -0.25) is 14.6 Å². The highest BCUT2D eigenvalue weighted by atomic mass is 16.5. The van der Waals surface area contributed by atoms with Gasteiger partial charge in [0.2, 0.25) is 5.91 Å². The van der Waals surface area contributed by atoms with Gasteiger partial charge in [-0.05, 0) is 34.7 Å². The molecule has 2 fully saturated rings. The Balaban J connectivity index is 1.24. The lowest BCUT2D eigenvalue weighted by Gasteiger charge is -2.40. The molecule has 2 aliphatic heterocycles. The minimum absolute atomic E-state index is 0.0158. The minimum Gasteiger partial charge on any atom is -0.379 e. The van der Waals surface area contributed by atoms with E-state index in [1.165, 1.54) is 16.3 Å². The van der Waals surface area contributed by atoms with Crippen LogP contribution < -0.4 is 5.32 Å². The summed E-state index contributed by atoms with van der Waals surface area (Å²) >= 11 is 0. The monoisotopic (exact) mass is 461 g/mol. The number of imidazole rings is 1. The normalized spacial score (nSPS) is 22.1. The number of morpholine rings is 1. The smallest absolute Gasteiger partial charge is 0.224 e. The molecule has 2 saturated heterocycles. The third-order valence-electron chi connectivity index (χ3n) is 7.07. The Morgan fingerprint density at radius 2 is 1.94 bits per heavy atom. The molecule has 0 spiro atoms. The second-order valence-corrected chi connectivity index (χ2v) is 9.71. The van der Waals surface area contributed by atoms with E-state index in [0.29, 0.717) is 12.5 Å². The lowest BCUT2D eigenvalue weighted by atomic mass is 9.87. The first-order chi connectivity index (χ1) is 16.7. The predicted octanol–water partition coefficient (Wildman–Crippen LogP) is 2.69. The van der Waals surface area contributed by atoms with Gasteiger partial charge in [0, 0.05) is 64.1 Å². The van der Waals surface area contributed by atoms with Gasteiger partial charge < -0.3 is 15.0 Å². The van der Waals surface area contributed by atoms with Crippen molar-refractivity contribution in [2.45, 2.75) is 19.4 Å². The molecule has 1 aromatic heterocycles. The molecule has 7 heteroatoms. The number of aromatic amines is 1. The Hall–Kier alpha value is -2.74. The van der Waals surface area contributed by atoms with E-state index in [9.17, 15) is 4.79 Å². The Labute approximate surface area is 201 Å². The third-order valence-corrected chi connectivity index (χ3v) is 7.07. The summed E-state index contributed by atoms with van der Waals surface area (Å²) in [4.78, 5) is 25.3. The molecule has 5 rings (SSSR count). The van der Waals surface area contributed by atoms with Gasteiger partial charge in [-0.2, -0.15) is 0 Å². The van der Waals surface area contributed by atoms with Crippen molar-refractivity contribution >= 4 is 16.7 Å². The number of piperidine rings is 1. The van der Waals surface area contributed by atoms with Crippen LogP contribution in [0.4, 0.5) is 0 Å². The van der Waals surface area contributed by atoms with E-state index in [1.807, 2.05) is 6.20 Å². The number of hydrogen-bond acceptors (Lipinski definition) is 5. The molecule has 1 amide bonds. The maximum atomic E-state index is 13.1. The standard InChI is InChI=1S/C27H35N5O2/c33-27(29-8-7-26-15-28-20-30-26)25-14-22(17-31-9-11-34-12-10-31)18-32(19-25)16-21-5-6-23-3-1-2-4-24(23)13-21/h1-6,13,15,20,22,25H,7-12,14,16-19H2,(H,28,30)(H,29,33)/t22-,25-/m1/s1. The lowest BCUT2D eigenvalue weighted by Crippen LogP contribution is -2.50. The van der Waals surface area contributed by atoms with Gasteiger partial charge in [-0.1, -0.05) is 36.4 Å². The number of likely N-dealkylation sites (tertiary alicyclic amines) is 1. The van der Waals surface area contributed by atoms with Crippen LogP contribution in [0.2, 0.25) is 0 Å². The topological polar surface area (TPSA) is 73.5 Å². The van der Waals surface area contributed by atoms with Gasteiger partial charge in [0.1, 0.15) is 0 Å². The van der Waals surface area contributed by atoms with Crippen LogP contribution in [0, 0.1) is 11.8 Å². The number of H-pyrrole nitrogens is 1. The number of ether oxygens (including phenoxy) is 1. The Morgan fingerprint density at radius 1 is 1.09 bits per heavy atom. The molecule has 2 N–H and O–H groups in total. The zero-order valence-corrected chi connectivity index (χ0v) is 19.8. The maximum Gasteiger partial charge on any atom is 0.224 e. The summed E-state index contributed by atoms with van der Waals surface area (Å²) in [6.07, 6.45) is 5.22. The largest absolute Gasteiger partial charge is 0.379 e. The molecule has 3 aromatic rings. The number of rotatable bonds is 8. The number of nitrogens with zero attached hydrogens (tertiary/aromatic N) is 3. The highest BCUT2D eigenvalue weighted by Crippen LogP contribution is 2.26. The van der Waals surface area contributed by atoms with Gasteiger partial charge >= 0.3 is 0 Å². The number of amides is 1. The molecule has 34 heavy (non-hydrogen) atoms. The van der Waals surface area contributed by atoms with E-state index in [4.69, 9.17) is 4.74 Å². The molecule has 0 saturated carbocycles. The van der Waals surface area contributed by atoms with E-state index >= 15 is 0 Å². The molecule has 0 aliphatic carbocycles. The molecular formula is C27H35N5O2. The second-order valence-electron chi connectivity index (χ2n) is 9.71. The van der Waals surface area contributed by atoms with E-state index in [2.05, 4.69) is 67.5 Å². The zero-order valence-electron chi connectivity index (χ0n) is 19.8. The van der Waals surface area contributed by atoms with Crippen LogP contribution in [0.3, 0.4) is 0 Å². The number of aromatic nitrogens is 2. The van der Waals surface area contributed by atoms with E-state index in [-0.39, 0.29) is 11.8 Å². The fourth-order valence-electron chi connectivity index (χ4n) is 5.38. The predicted molar refractivity (Wildman–Crippen MR) is 133 cm³/mol. The van der Waals surface area contributed by atoms with Gasteiger partial charge in [0.25, 0.3) is 0 Å². The molecular weight excluding hydrogens is 426 g/mol. The van der Waals surface area contributed by atoms with Crippen LogP contribution in [0.25, 0.3) is 10.8 Å².